The van der Waals surface area contributed by atoms with E-state index < -0.39 is 0 Å². The number of carbonyl (C=O) groups excluding carboxylic acids is 1. The summed E-state index contributed by atoms with van der Waals surface area (Å²) < 4.78 is 0. The van der Waals surface area contributed by atoms with Crippen molar-refractivity contribution in [1.29, 1.82) is 0 Å². The van der Waals surface area contributed by atoms with Crippen LogP contribution < -0.4 is 10.6 Å². The zero-order valence-corrected chi connectivity index (χ0v) is 15.4. The molecule has 2 fully saturated rings. The third kappa shape index (κ3) is 4.53. The fraction of sp³-hybridized carbons (Fsp3) is 0.650. The van der Waals surface area contributed by atoms with E-state index in [0.717, 1.165) is 56.4 Å². The quantitative estimate of drug-likeness (QED) is 0.784. The molecule has 2 aliphatic rings. The van der Waals surface area contributed by atoms with E-state index in [1.165, 1.54) is 0 Å². The van der Waals surface area contributed by atoms with Crippen molar-refractivity contribution in [1.82, 2.24) is 10.2 Å². The van der Waals surface area contributed by atoms with Gasteiger partial charge in [-0.3, -0.25) is 4.90 Å². The van der Waals surface area contributed by atoms with Crippen molar-refractivity contribution < 1.29 is 9.90 Å². The lowest BCUT2D eigenvalue weighted by Gasteiger charge is -2.37. The van der Waals surface area contributed by atoms with Crippen LogP contribution in [0, 0.1) is 0 Å². The molecule has 1 aliphatic carbocycles. The smallest absolute Gasteiger partial charge is 0.319 e. The van der Waals surface area contributed by atoms with Crippen molar-refractivity contribution in [3.8, 4) is 0 Å². The number of aliphatic hydroxyl groups excluding tert-OH is 1. The number of nitrogens with one attached hydrogen (secondary N) is 2. The highest BCUT2D eigenvalue weighted by Gasteiger charge is 2.33. The van der Waals surface area contributed by atoms with E-state index in [2.05, 4.69) is 35.4 Å². The number of likely N-dealkylation sites (tertiary alicyclic amines) is 1. The van der Waals surface area contributed by atoms with Crippen molar-refractivity contribution in [3.05, 3.63) is 29.8 Å². The van der Waals surface area contributed by atoms with Gasteiger partial charge in [0.1, 0.15) is 0 Å². The molecular weight excluding hydrogens is 314 g/mol. The topological polar surface area (TPSA) is 64.6 Å². The summed E-state index contributed by atoms with van der Waals surface area (Å²) in [5.41, 5.74) is 2.05. The molecule has 3 N–H and O–H groups in total. The second-order valence-corrected chi connectivity index (χ2v) is 7.72. The molecule has 138 valence electrons. The van der Waals surface area contributed by atoms with Crippen LogP contribution in [0.1, 0.15) is 57.4 Å². The fourth-order valence-electron chi connectivity index (χ4n) is 4.18. The number of carbonyl (C=O) groups is 1. The molecule has 2 atom stereocenters. The number of amides is 2. The highest BCUT2D eigenvalue weighted by atomic mass is 16.3. The number of piperidine rings is 1. The van der Waals surface area contributed by atoms with E-state index in [1.54, 1.807) is 0 Å². The van der Waals surface area contributed by atoms with Gasteiger partial charge in [0.15, 0.2) is 0 Å². The molecule has 1 aliphatic heterocycles. The standard InChI is InChI=1S/C20H31N3O2/c1-14(2)16-6-3-4-7-17(16)22-20(25)21-15-10-12-23(13-11-15)18-8-5-9-19(18)24/h3-4,6-7,14-15,18-19,24H,5,8-13H2,1-2H3,(H2,21,22,25)/t18-,19+/m1/s1. The van der Waals surface area contributed by atoms with Gasteiger partial charge < -0.3 is 15.7 Å². The van der Waals surface area contributed by atoms with Gasteiger partial charge in [0.25, 0.3) is 0 Å². The first kappa shape index (κ1) is 18.2. The third-order valence-electron chi connectivity index (χ3n) is 5.61. The van der Waals surface area contributed by atoms with Crippen LogP contribution >= 0.6 is 0 Å². The number of anilines is 1. The summed E-state index contributed by atoms with van der Waals surface area (Å²) in [7, 11) is 0. The maximum absolute atomic E-state index is 12.4. The van der Waals surface area contributed by atoms with E-state index in [4.69, 9.17) is 0 Å². The molecule has 5 nitrogen and oxygen atoms in total. The maximum atomic E-state index is 12.4. The first-order valence-electron chi connectivity index (χ1n) is 9.63. The molecule has 1 aromatic carbocycles. The Morgan fingerprint density at radius 1 is 1.16 bits per heavy atom. The number of urea groups is 1. The summed E-state index contributed by atoms with van der Waals surface area (Å²) in [5.74, 6) is 0.373. The molecule has 1 aromatic rings. The lowest BCUT2D eigenvalue weighted by atomic mass is 10.0. The Morgan fingerprint density at radius 2 is 1.88 bits per heavy atom. The van der Waals surface area contributed by atoms with Gasteiger partial charge >= 0.3 is 6.03 Å². The summed E-state index contributed by atoms with van der Waals surface area (Å²) >= 11 is 0. The monoisotopic (exact) mass is 345 g/mol. The van der Waals surface area contributed by atoms with Crippen LogP contribution in [0.2, 0.25) is 0 Å². The Hall–Kier alpha value is -1.59. The average Bonchev–Trinajstić information content (AvgIpc) is 3.02. The summed E-state index contributed by atoms with van der Waals surface area (Å²) in [6.45, 7) is 6.17. The molecule has 0 spiro atoms. The normalized spacial score (nSPS) is 25.3. The third-order valence-corrected chi connectivity index (χ3v) is 5.61. The molecule has 0 aromatic heterocycles. The molecule has 0 bridgehead atoms. The highest BCUT2D eigenvalue weighted by molar-refractivity contribution is 5.90. The Labute approximate surface area is 150 Å². The molecular formula is C20H31N3O2. The highest BCUT2D eigenvalue weighted by Crippen LogP contribution is 2.27. The summed E-state index contributed by atoms with van der Waals surface area (Å²) in [5, 5.41) is 16.2. The van der Waals surface area contributed by atoms with E-state index in [1.807, 2.05) is 18.2 Å². The van der Waals surface area contributed by atoms with Gasteiger partial charge in [-0.15, -0.1) is 0 Å². The van der Waals surface area contributed by atoms with Gasteiger partial charge in [0, 0.05) is 30.9 Å². The maximum Gasteiger partial charge on any atom is 0.319 e. The molecule has 1 saturated carbocycles. The summed E-state index contributed by atoms with van der Waals surface area (Å²) in [4.78, 5) is 14.8. The molecule has 2 amide bonds. The van der Waals surface area contributed by atoms with Crippen molar-refractivity contribution in [2.45, 2.75) is 70.1 Å². The number of rotatable bonds is 4. The van der Waals surface area contributed by atoms with Crippen LogP contribution in [-0.4, -0.2) is 47.3 Å². The minimum Gasteiger partial charge on any atom is -0.391 e. The van der Waals surface area contributed by atoms with E-state index in [9.17, 15) is 9.90 Å². The number of nitrogens with zero attached hydrogens (tertiary/aromatic N) is 1. The average molecular weight is 345 g/mol. The van der Waals surface area contributed by atoms with Crippen molar-refractivity contribution >= 4 is 11.7 Å². The van der Waals surface area contributed by atoms with Gasteiger partial charge in [-0.25, -0.2) is 4.79 Å². The van der Waals surface area contributed by atoms with Gasteiger partial charge in [-0.1, -0.05) is 32.0 Å². The van der Waals surface area contributed by atoms with E-state index >= 15 is 0 Å². The zero-order chi connectivity index (χ0) is 17.8. The van der Waals surface area contributed by atoms with Gasteiger partial charge in [-0.05, 0) is 49.7 Å². The zero-order valence-electron chi connectivity index (χ0n) is 15.4. The molecule has 0 unspecified atom stereocenters. The van der Waals surface area contributed by atoms with Gasteiger partial charge in [0.05, 0.1) is 6.10 Å². The fourth-order valence-corrected chi connectivity index (χ4v) is 4.18. The van der Waals surface area contributed by atoms with Crippen molar-refractivity contribution in [2.75, 3.05) is 18.4 Å². The SMILES string of the molecule is CC(C)c1ccccc1NC(=O)NC1CCN([C@@H]2CCC[C@@H]2O)CC1. The first-order chi connectivity index (χ1) is 12.0. The molecule has 1 heterocycles. The Bertz CT molecular complexity index is 582. The van der Waals surface area contributed by atoms with Crippen molar-refractivity contribution in [2.24, 2.45) is 0 Å². The largest absolute Gasteiger partial charge is 0.391 e. The molecule has 0 radical (unpaired) electrons. The predicted molar refractivity (Wildman–Crippen MR) is 101 cm³/mol. The Morgan fingerprint density at radius 3 is 2.52 bits per heavy atom. The second-order valence-electron chi connectivity index (χ2n) is 7.72. The summed E-state index contributed by atoms with van der Waals surface area (Å²) in [6.07, 6.45) is 4.89. The predicted octanol–water partition coefficient (Wildman–Crippen LogP) is 3.31. The van der Waals surface area contributed by atoms with Crippen molar-refractivity contribution in [3.63, 3.8) is 0 Å². The van der Waals surface area contributed by atoms with Crippen LogP contribution in [-0.2, 0) is 0 Å². The van der Waals surface area contributed by atoms with Crippen LogP contribution in [0.4, 0.5) is 10.5 Å². The minimum atomic E-state index is -0.166. The molecule has 3 rings (SSSR count). The second kappa shape index (κ2) is 8.19. The molecule has 25 heavy (non-hydrogen) atoms. The van der Waals surface area contributed by atoms with Crippen LogP contribution in [0.25, 0.3) is 0 Å². The van der Waals surface area contributed by atoms with Crippen LogP contribution in [0.5, 0.6) is 0 Å². The number of hydrogen-bond acceptors (Lipinski definition) is 3. The van der Waals surface area contributed by atoms with E-state index in [-0.39, 0.29) is 18.2 Å². The molecule has 1 saturated heterocycles. The first-order valence-corrected chi connectivity index (χ1v) is 9.63. The lowest BCUT2D eigenvalue weighted by Crippen LogP contribution is -2.50. The lowest BCUT2D eigenvalue weighted by molar-refractivity contribution is 0.0537. The minimum absolute atomic E-state index is 0.118. The molecule has 5 heteroatoms. The number of hydrogen-bond donors (Lipinski definition) is 3. The Balaban J connectivity index is 1.48. The van der Waals surface area contributed by atoms with Crippen LogP contribution in [0.15, 0.2) is 24.3 Å². The van der Waals surface area contributed by atoms with E-state index in [0.29, 0.717) is 12.0 Å². The number of aliphatic hydroxyl groups is 1. The van der Waals surface area contributed by atoms with Gasteiger partial charge in [-0.2, -0.15) is 0 Å². The number of para-hydroxylation sites is 1. The number of benzene rings is 1. The van der Waals surface area contributed by atoms with Crippen LogP contribution in [0.3, 0.4) is 0 Å². The summed E-state index contributed by atoms with van der Waals surface area (Å²) in [6, 6.07) is 8.39. The Kier molecular flexibility index (Phi) is 5.97. The van der Waals surface area contributed by atoms with Gasteiger partial charge in [0.2, 0.25) is 0 Å².